The number of carbonyl (C=O) groups excluding carboxylic acids is 3. The first-order valence-corrected chi connectivity index (χ1v) is 15.0. The second-order valence-corrected chi connectivity index (χ2v) is 11.2. The van der Waals surface area contributed by atoms with Gasteiger partial charge in [-0.2, -0.15) is 0 Å². The molecule has 0 aliphatic rings. The molecule has 0 fully saturated rings. The first kappa shape index (κ1) is 34.1. The Balaban J connectivity index is 1.71. The van der Waals surface area contributed by atoms with E-state index in [0.717, 1.165) is 16.5 Å². The molecule has 3 rings (SSSR count). The van der Waals surface area contributed by atoms with Gasteiger partial charge in [-0.15, -0.1) is 0 Å². The van der Waals surface area contributed by atoms with Crippen molar-refractivity contribution in [1.29, 1.82) is 0 Å². The summed E-state index contributed by atoms with van der Waals surface area (Å²) in [5.74, 6) is -3.27. The van der Waals surface area contributed by atoms with Gasteiger partial charge in [0.05, 0.1) is 6.04 Å². The maximum absolute atomic E-state index is 13.5. The quantitative estimate of drug-likeness (QED) is 0.105. The Morgan fingerprint density at radius 3 is 2.23 bits per heavy atom. The summed E-state index contributed by atoms with van der Waals surface area (Å²) in [5, 5.41) is 28.3. The Morgan fingerprint density at radius 1 is 0.886 bits per heavy atom. The molecule has 3 amide bonds. The van der Waals surface area contributed by atoms with Gasteiger partial charge >= 0.3 is 5.97 Å². The standard InChI is InChI=1S/C32H44N6O6/c1-3-19(2)28(31(42)37-27(32(43)44)16-20-11-13-22(39)14-12-20)38-30(41)26(10-6-7-15-33)36-29(40)24(34)17-21-18-35-25-9-5-4-8-23(21)25/h4-5,8-9,11-14,18-19,24,26-28,35,39H,3,6-7,10,15-17,33-34H2,1-2H3,(H,36,40)(H,37,42)(H,38,41)(H,43,44). The molecule has 10 N–H and O–H groups in total. The lowest BCUT2D eigenvalue weighted by atomic mass is 9.96. The fraction of sp³-hybridized carbons (Fsp3) is 0.438. The number of amides is 3. The number of aromatic hydroxyl groups is 1. The third-order valence-electron chi connectivity index (χ3n) is 7.82. The summed E-state index contributed by atoms with van der Waals surface area (Å²) in [6.07, 6.45) is 4.03. The van der Waals surface area contributed by atoms with Gasteiger partial charge in [0, 0.05) is 23.5 Å². The van der Waals surface area contributed by atoms with Crippen LogP contribution >= 0.6 is 0 Å². The zero-order valence-electron chi connectivity index (χ0n) is 25.2. The summed E-state index contributed by atoms with van der Waals surface area (Å²) < 4.78 is 0. The molecule has 12 nitrogen and oxygen atoms in total. The monoisotopic (exact) mass is 608 g/mol. The first-order chi connectivity index (χ1) is 21.0. The molecule has 1 aromatic heterocycles. The van der Waals surface area contributed by atoms with Crippen molar-refractivity contribution in [3.63, 3.8) is 0 Å². The number of nitrogens with one attached hydrogen (secondary N) is 4. The smallest absolute Gasteiger partial charge is 0.326 e. The van der Waals surface area contributed by atoms with E-state index in [9.17, 15) is 29.4 Å². The Hall–Kier alpha value is -4.42. The Morgan fingerprint density at radius 2 is 1.57 bits per heavy atom. The summed E-state index contributed by atoms with van der Waals surface area (Å²) >= 11 is 0. The van der Waals surface area contributed by atoms with Crippen LogP contribution in [0, 0.1) is 5.92 Å². The number of aliphatic carboxylic acids is 1. The topological polar surface area (TPSA) is 213 Å². The molecule has 1 heterocycles. The van der Waals surface area contributed by atoms with Crippen molar-refractivity contribution in [2.75, 3.05) is 6.54 Å². The number of aromatic amines is 1. The summed E-state index contributed by atoms with van der Waals surface area (Å²) in [6.45, 7) is 4.05. The van der Waals surface area contributed by atoms with Crippen LogP contribution in [0.15, 0.2) is 54.7 Å². The molecule has 238 valence electrons. The third kappa shape index (κ3) is 9.55. The predicted molar refractivity (Wildman–Crippen MR) is 168 cm³/mol. The molecular formula is C32H44N6O6. The third-order valence-corrected chi connectivity index (χ3v) is 7.82. The number of carbonyl (C=O) groups is 4. The molecule has 5 atom stereocenters. The number of unbranched alkanes of at least 4 members (excludes halogenated alkanes) is 1. The SMILES string of the molecule is CCC(C)C(NC(=O)C(CCCCN)NC(=O)C(N)Cc1c[nH]c2ccccc12)C(=O)NC(Cc1ccc(O)cc1)C(=O)O. The van der Waals surface area contributed by atoms with E-state index in [2.05, 4.69) is 20.9 Å². The molecule has 0 radical (unpaired) electrons. The van der Waals surface area contributed by atoms with Gasteiger partial charge in [-0.05, 0) is 67.5 Å². The van der Waals surface area contributed by atoms with Crippen LogP contribution in [0.1, 0.15) is 50.7 Å². The second kappa shape index (κ2) is 16.4. The zero-order chi connectivity index (χ0) is 32.2. The summed E-state index contributed by atoms with van der Waals surface area (Å²) in [4.78, 5) is 55.2. The van der Waals surface area contributed by atoms with Gasteiger partial charge in [0.15, 0.2) is 0 Å². The normalized spacial score (nSPS) is 14.6. The highest BCUT2D eigenvalue weighted by atomic mass is 16.4. The maximum Gasteiger partial charge on any atom is 0.326 e. The molecule has 0 saturated heterocycles. The van der Waals surface area contributed by atoms with E-state index in [-0.39, 0.29) is 30.9 Å². The summed E-state index contributed by atoms with van der Waals surface area (Å²) in [5.41, 5.74) is 14.3. The van der Waals surface area contributed by atoms with E-state index in [4.69, 9.17) is 11.5 Å². The maximum atomic E-state index is 13.5. The molecular weight excluding hydrogens is 564 g/mol. The van der Waals surface area contributed by atoms with E-state index < -0.39 is 47.9 Å². The number of phenols is 1. The number of H-pyrrole nitrogens is 1. The lowest BCUT2D eigenvalue weighted by Crippen LogP contribution is -2.59. The predicted octanol–water partition coefficient (Wildman–Crippen LogP) is 1.70. The first-order valence-electron chi connectivity index (χ1n) is 15.0. The lowest BCUT2D eigenvalue weighted by molar-refractivity contribution is -0.142. The largest absolute Gasteiger partial charge is 0.508 e. The van der Waals surface area contributed by atoms with Crippen molar-refractivity contribution in [3.8, 4) is 5.75 Å². The van der Waals surface area contributed by atoms with E-state index in [1.54, 1.807) is 19.1 Å². The number of phenolic OH excluding ortho intramolecular Hbond substituents is 1. The van der Waals surface area contributed by atoms with E-state index in [0.29, 0.717) is 31.4 Å². The number of hydrogen-bond donors (Lipinski definition) is 8. The van der Waals surface area contributed by atoms with Crippen molar-refractivity contribution in [2.24, 2.45) is 17.4 Å². The molecule has 3 aromatic rings. The molecule has 0 aliphatic carbocycles. The van der Waals surface area contributed by atoms with Crippen molar-refractivity contribution in [2.45, 2.75) is 76.5 Å². The van der Waals surface area contributed by atoms with Crippen LogP contribution in [0.3, 0.4) is 0 Å². The lowest BCUT2D eigenvalue weighted by Gasteiger charge is -2.28. The van der Waals surface area contributed by atoms with Crippen LogP contribution in [0.4, 0.5) is 0 Å². The molecule has 0 bridgehead atoms. The highest BCUT2D eigenvalue weighted by molar-refractivity contribution is 5.94. The number of hydrogen-bond acceptors (Lipinski definition) is 7. The van der Waals surface area contributed by atoms with E-state index in [1.165, 1.54) is 12.1 Å². The van der Waals surface area contributed by atoms with Crippen LogP contribution < -0.4 is 27.4 Å². The summed E-state index contributed by atoms with van der Waals surface area (Å²) in [7, 11) is 0. The van der Waals surface area contributed by atoms with Gasteiger partial charge < -0.3 is 42.6 Å². The number of para-hydroxylation sites is 1. The fourth-order valence-electron chi connectivity index (χ4n) is 4.96. The minimum Gasteiger partial charge on any atom is -0.508 e. The van der Waals surface area contributed by atoms with Crippen LogP contribution in [-0.2, 0) is 32.0 Å². The molecule has 44 heavy (non-hydrogen) atoms. The number of fused-ring (bicyclic) bond motifs is 1. The van der Waals surface area contributed by atoms with Gasteiger partial charge in [0.1, 0.15) is 23.9 Å². The van der Waals surface area contributed by atoms with E-state index in [1.807, 2.05) is 37.4 Å². The number of rotatable bonds is 17. The van der Waals surface area contributed by atoms with Crippen LogP contribution in [0.5, 0.6) is 5.75 Å². The fourth-order valence-corrected chi connectivity index (χ4v) is 4.96. The number of aromatic nitrogens is 1. The van der Waals surface area contributed by atoms with Gasteiger partial charge in [-0.25, -0.2) is 4.79 Å². The number of benzene rings is 2. The Labute approximate surface area is 257 Å². The minimum absolute atomic E-state index is 0.0192. The van der Waals surface area contributed by atoms with Crippen molar-refractivity contribution in [1.82, 2.24) is 20.9 Å². The average Bonchev–Trinajstić information content (AvgIpc) is 3.41. The highest BCUT2D eigenvalue weighted by Crippen LogP contribution is 2.19. The second-order valence-electron chi connectivity index (χ2n) is 11.2. The Bertz CT molecular complexity index is 1410. The molecule has 12 heteroatoms. The van der Waals surface area contributed by atoms with Crippen LogP contribution in [-0.4, -0.2) is 69.6 Å². The van der Waals surface area contributed by atoms with Crippen LogP contribution in [0.2, 0.25) is 0 Å². The van der Waals surface area contributed by atoms with Gasteiger partial charge in [-0.3, -0.25) is 14.4 Å². The van der Waals surface area contributed by atoms with Crippen molar-refractivity contribution < 1.29 is 29.4 Å². The molecule has 5 unspecified atom stereocenters. The number of carboxylic acid groups (broad SMARTS) is 1. The van der Waals surface area contributed by atoms with Crippen molar-refractivity contribution >= 4 is 34.6 Å². The molecule has 0 spiro atoms. The molecule has 0 saturated carbocycles. The van der Waals surface area contributed by atoms with Gasteiger partial charge in [-0.1, -0.05) is 50.6 Å². The zero-order valence-corrected chi connectivity index (χ0v) is 25.2. The minimum atomic E-state index is -1.27. The molecule has 0 aliphatic heterocycles. The summed E-state index contributed by atoms with van der Waals surface area (Å²) in [6, 6.07) is 9.47. The van der Waals surface area contributed by atoms with Gasteiger partial charge in [0.25, 0.3) is 0 Å². The van der Waals surface area contributed by atoms with Gasteiger partial charge in [0.2, 0.25) is 17.7 Å². The number of carboxylic acids is 1. The number of nitrogens with two attached hydrogens (primary N) is 2. The van der Waals surface area contributed by atoms with Crippen molar-refractivity contribution in [3.05, 3.63) is 65.9 Å². The van der Waals surface area contributed by atoms with Crippen LogP contribution in [0.25, 0.3) is 10.9 Å². The Kier molecular flexibility index (Phi) is 12.7. The average molecular weight is 609 g/mol. The van der Waals surface area contributed by atoms with E-state index >= 15 is 0 Å². The highest BCUT2D eigenvalue weighted by Gasteiger charge is 2.33. The molecule has 2 aromatic carbocycles.